The number of imide groups is 1. The van der Waals surface area contributed by atoms with Crippen molar-refractivity contribution in [2.45, 2.75) is 76.8 Å². The molecule has 2 N–H and O–H groups in total. The van der Waals surface area contributed by atoms with Crippen LogP contribution in [0.4, 0.5) is 22.0 Å². The molecule has 292 valence electrons. The van der Waals surface area contributed by atoms with Gasteiger partial charge in [0.2, 0.25) is 5.91 Å². The van der Waals surface area contributed by atoms with Crippen LogP contribution >= 0.6 is 0 Å². The van der Waals surface area contributed by atoms with Crippen LogP contribution in [-0.2, 0) is 4.79 Å². The summed E-state index contributed by atoms with van der Waals surface area (Å²) < 4.78 is 3.34. The monoisotopic (exact) mass is 767 g/mol. The van der Waals surface area contributed by atoms with Crippen molar-refractivity contribution in [3.8, 4) is 23.6 Å². The predicted molar refractivity (Wildman–Crippen MR) is 212 cm³/mol. The fourth-order valence-corrected chi connectivity index (χ4v) is 8.25. The van der Waals surface area contributed by atoms with Crippen LogP contribution < -0.4 is 20.4 Å². The Kier molecular flexibility index (Phi) is 10.7. The zero-order valence-electron chi connectivity index (χ0n) is 32.1. The van der Waals surface area contributed by atoms with Crippen molar-refractivity contribution in [1.82, 2.24) is 49.9 Å². The highest BCUT2D eigenvalue weighted by Gasteiger charge is 2.30. The number of hydrogen-bond donors (Lipinski definition) is 2. The normalized spacial score (nSPS) is 20.9. The van der Waals surface area contributed by atoms with E-state index in [0.717, 1.165) is 75.2 Å². The molecule has 2 saturated heterocycles. The quantitative estimate of drug-likeness (QED) is 0.187. The molecule has 1 aliphatic carbocycles. The summed E-state index contributed by atoms with van der Waals surface area (Å²) in [6.07, 6.45) is 15.5. The number of amides is 3. The Bertz CT molecular complexity index is 2330. The Morgan fingerprint density at radius 3 is 2.58 bits per heavy atom. The van der Waals surface area contributed by atoms with E-state index in [1.165, 1.54) is 12.6 Å². The maximum absolute atomic E-state index is 12.3. The van der Waals surface area contributed by atoms with Gasteiger partial charge >= 0.3 is 6.03 Å². The molecule has 17 nitrogen and oxygen atoms in total. The topological polar surface area (TPSA) is 203 Å². The molecule has 1 unspecified atom stereocenters. The number of carbonyl (C=O) groups excluding carboxylic acids is 2. The summed E-state index contributed by atoms with van der Waals surface area (Å²) in [5, 5.41) is 38.8. The molecule has 7 heterocycles. The fraction of sp³-hybridized carbons (Fsp3) is 0.450. The maximum atomic E-state index is 12.3. The zero-order chi connectivity index (χ0) is 39.5. The van der Waals surface area contributed by atoms with Crippen LogP contribution in [0.2, 0.25) is 0 Å². The number of pyridine rings is 3. The van der Waals surface area contributed by atoms with Gasteiger partial charge in [-0.25, -0.2) is 24.4 Å². The highest BCUT2D eigenvalue weighted by Crippen LogP contribution is 2.37. The molecule has 3 aliphatic rings. The number of urea groups is 1. The van der Waals surface area contributed by atoms with Gasteiger partial charge in [0.25, 0.3) is 0 Å². The third-order valence-electron chi connectivity index (χ3n) is 11.5. The molecule has 2 atom stereocenters. The van der Waals surface area contributed by atoms with E-state index in [1.54, 1.807) is 45.8 Å². The second-order valence-corrected chi connectivity index (χ2v) is 15.1. The first kappa shape index (κ1) is 37.5. The Morgan fingerprint density at radius 2 is 1.82 bits per heavy atom. The molecule has 3 fully saturated rings. The SMILES string of the molecule is CCC1CN(CCC2CCC(c3cn(-c4cnc(-n5ncc6cc(C#N)cnc65)cc4N[C@H](C)C#N)nn3)CC2)CCN1c1ccc(N2CCC(=O)NC2=O)cn1. The summed E-state index contributed by atoms with van der Waals surface area (Å²) in [5.74, 6) is 2.19. The van der Waals surface area contributed by atoms with Crippen LogP contribution in [0.25, 0.3) is 22.5 Å². The molecular formula is C40H45N15O2. The third kappa shape index (κ3) is 7.97. The Labute approximate surface area is 330 Å². The van der Waals surface area contributed by atoms with Crippen LogP contribution in [0, 0.1) is 28.6 Å². The van der Waals surface area contributed by atoms with Gasteiger partial charge in [-0.05, 0) is 76.1 Å². The highest BCUT2D eigenvalue weighted by molar-refractivity contribution is 6.05. The lowest BCUT2D eigenvalue weighted by Gasteiger charge is -2.42. The van der Waals surface area contributed by atoms with Crippen molar-refractivity contribution in [2.75, 3.05) is 47.8 Å². The zero-order valence-corrected chi connectivity index (χ0v) is 32.1. The van der Waals surface area contributed by atoms with Gasteiger partial charge < -0.3 is 10.2 Å². The minimum absolute atomic E-state index is 0.245. The van der Waals surface area contributed by atoms with E-state index in [1.807, 2.05) is 24.4 Å². The number of nitrogens with one attached hydrogen (secondary N) is 2. The average Bonchev–Trinajstić information content (AvgIpc) is 3.91. The largest absolute Gasteiger partial charge is 0.368 e. The number of hydrogen-bond acceptors (Lipinski definition) is 13. The third-order valence-corrected chi connectivity index (χ3v) is 11.5. The minimum atomic E-state index is -0.471. The summed E-state index contributed by atoms with van der Waals surface area (Å²) in [5.41, 5.74) is 4.02. The van der Waals surface area contributed by atoms with Crippen molar-refractivity contribution in [3.05, 3.63) is 66.5 Å². The molecule has 1 saturated carbocycles. The van der Waals surface area contributed by atoms with Crippen LogP contribution in [0.15, 0.2) is 55.2 Å². The summed E-state index contributed by atoms with van der Waals surface area (Å²) >= 11 is 0. The highest BCUT2D eigenvalue weighted by atomic mass is 16.2. The van der Waals surface area contributed by atoms with Gasteiger partial charge in [0, 0.05) is 62.2 Å². The summed E-state index contributed by atoms with van der Waals surface area (Å²) in [6.45, 7) is 8.33. The van der Waals surface area contributed by atoms with E-state index in [-0.39, 0.29) is 12.3 Å². The molecule has 0 radical (unpaired) electrons. The van der Waals surface area contributed by atoms with Crippen molar-refractivity contribution >= 4 is 40.2 Å². The van der Waals surface area contributed by atoms with Gasteiger partial charge in [-0.15, -0.1) is 5.10 Å². The van der Waals surface area contributed by atoms with Gasteiger partial charge in [-0.2, -0.15) is 20.3 Å². The van der Waals surface area contributed by atoms with Crippen LogP contribution in [0.3, 0.4) is 0 Å². The molecule has 3 amide bonds. The van der Waals surface area contributed by atoms with Gasteiger partial charge in [-0.1, -0.05) is 12.1 Å². The van der Waals surface area contributed by atoms with Crippen LogP contribution in [-0.4, -0.2) is 101 Å². The van der Waals surface area contributed by atoms with Gasteiger partial charge in [-0.3, -0.25) is 19.9 Å². The molecule has 5 aromatic rings. The molecule has 57 heavy (non-hydrogen) atoms. The number of piperazine rings is 1. The molecule has 5 aromatic heterocycles. The Balaban J connectivity index is 0.855. The molecule has 17 heteroatoms. The standard InChI is InChI=1S/C40H45N15O2/c1-3-31-24-51(14-15-52(31)36-9-8-32(22-43-36)53-13-11-38(56)48-40(53)57)12-10-27-4-6-29(7-5-27)34-25-54(50-49-34)35-23-44-37(17-33(35)47-26(2)18-41)55-39-30(21-46-55)16-28(19-42)20-45-39/h8-9,16-17,20-23,25-27,29,31H,3-7,10-15,24H2,1-2H3,(H,44,47)(H,48,56,57)/t26-,27?,29?,31?/m1/s1. The van der Waals surface area contributed by atoms with Crippen molar-refractivity contribution in [1.29, 1.82) is 10.5 Å². The minimum Gasteiger partial charge on any atom is -0.368 e. The lowest BCUT2D eigenvalue weighted by Crippen LogP contribution is -2.53. The lowest BCUT2D eigenvalue weighted by atomic mass is 9.79. The average molecular weight is 768 g/mol. The number of nitrogens with zero attached hydrogens (tertiary/aromatic N) is 13. The number of nitriles is 2. The Morgan fingerprint density at radius 1 is 0.982 bits per heavy atom. The molecule has 2 aliphatic heterocycles. The van der Waals surface area contributed by atoms with Crippen molar-refractivity contribution < 1.29 is 9.59 Å². The number of fused-ring (bicyclic) bond motifs is 1. The first-order valence-corrected chi connectivity index (χ1v) is 19.7. The number of anilines is 3. The van der Waals surface area contributed by atoms with E-state index in [4.69, 9.17) is 4.98 Å². The molecule has 0 aromatic carbocycles. The van der Waals surface area contributed by atoms with Crippen LogP contribution in [0.5, 0.6) is 0 Å². The van der Waals surface area contributed by atoms with Crippen molar-refractivity contribution in [3.63, 3.8) is 0 Å². The van der Waals surface area contributed by atoms with Gasteiger partial charge in [0.15, 0.2) is 11.5 Å². The Hall–Kier alpha value is -6.46. The van der Waals surface area contributed by atoms with E-state index >= 15 is 0 Å². The fourth-order valence-electron chi connectivity index (χ4n) is 8.25. The molecule has 0 spiro atoms. The molecule has 0 bridgehead atoms. The summed E-state index contributed by atoms with van der Waals surface area (Å²) in [7, 11) is 0. The predicted octanol–water partition coefficient (Wildman–Crippen LogP) is 4.70. The van der Waals surface area contributed by atoms with E-state index < -0.39 is 12.1 Å². The molecule has 8 rings (SSSR count). The molecular weight excluding hydrogens is 723 g/mol. The van der Waals surface area contributed by atoms with E-state index in [2.05, 4.69) is 64.9 Å². The van der Waals surface area contributed by atoms with Crippen molar-refractivity contribution in [2.24, 2.45) is 5.92 Å². The lowest BCUT2D eigenvalue weighted by molar-refractivity contribution is -0.120. The van der Waals surface area contributed by atoms with Gasteiger partial charge in [0.05, 0.1) is 53.5 Å². The number of rotatable bonds is 11. The first-order chi connectivity index (χ1) is 27.8. The van der Waals surface area contributed by atoms with E-state index in [0.29, 0.717) is 58.5 Å². The number of carbonyl (C=O) groups is 2. The smallest absolute Gasteiger partial charge is 0.328 e. The number of aromatic nitrogens is 8. The first-order valence-electron chi connectivity index (χ1n) is 19.7. The maximum Gasteiger partial charge on any atom is 0.328 e. The second kappa shape index (κ2) is 16.3. The van der Waals surface area contributed by atoms with E-state index in [9.17, 15) is 20.1 Å². The van der Waals surface area contributed by atoms with Crippen LogP contribution in [0.1, 0.15) is 76.0 Å². The summed E-state index contributed by atoms with van der Waals surface area (Å²) in [4.78, 5) is 44.2. The van der Waals surface area contributed by atoms with Gasteiger partial charge in [0.1, 0.15) is 23.6 Å². The second-order valence-electron chi connectivity index (χ2n) is 15.1. The summed E-state index contributed by atoms with van der Waals surface area (Å²) in [6, 6.07) is 11.3.